The maximum absolute atomic E-state index is 5.60. The van der Waals surface area contributed by atoms with E-state index in [-0.39, 0.29) is 12.0 Å². The first-order valence-electron chi connectivity index (χ1n) is 9.13. The lowest BCUT2D eigenvalue weighted by molar-refractivity contribution is 0.0468. The monoisotopic (exact) mass is 348 g/mol. The van der Waals surface area contributed by atoms with Gasteiger partial charge in [-0.25, -0.2) is 4.98 Å². The van der Waals surface area contributed by atoms with E-state index in [2.05, 4.69) is 46.3 Å². The lowest BCUT2D eigenvalue weighted by atomic mass is 9.91. The molecule has 2 aromatic rings. The van der Waals surface area contributed by atoms with Crippen LogP contribution in [-0.4, -0.2) is 44.2 Å². The summed E-state index contributed by atoms with van der Waals surface area (Å²) in [6, 6.07) is 0.362. The molecule has 3 rings (SSSR count). The molecule has 0 aliphatic carbocycles. The molecule has 25 heavy (non-hydrogen) atoms. The number of aromatic nitrogens is 5. The first-order valence-corrected chi connectivity index (χ1v) is 9.13. The minimum Gasteiger partial charge on any atom is -0.381 e. The Kier molecular flexibility index (Phi) is 6.14. The molecule has 0 radical (unpaired) electrons. The highest BCUT2D eigenvalue weighted by Gasteiger charge is 2.31. The molecule has 138 valence electrons. The second kappa shape index (κ2) is 8.53. The molecule has 8 heteroatoms. The molecule has 1 saturated heterocycles. The zero-order valence-electron chi connectivity index (χ0n) is 15.3. The van der Waals surface area contributed by atoms with E-state index in [1.165, 1.54) is 0 Å². The summed E-state index contributed by atoms with van der Waals surface area (Å²) in [5.41, 5.74) is 0. The summed E-state index contributed by atoms with van der Waals surface area (Å²) in [6.07, 6.45) is 6.28. The average Bonchev–Trinajstić information content (AvgIpc) is 3.30. The fourth-order valence-electron chi connectivity index (χ4n) is 3.13. The zero-order chi connectivity index (χ0) is 17.6. The zero-order valence-corrected chi connectivity index (χ0v) is 15.3. The second-order valence-corrected chi connectivity index (χ2v) is 7.09. The summed E-state index contributed by atoms with van der Waals surface area (Å²) < 4.78 is 13.0. The fraction of sp³-hybridized carbons (Fsp3) is 0.765. The van der Waals surface area contributed by atoms with Gasteiger partial charge in [0.1, 0.15) is 12.7 Å². The lowest BCUT2D eigenvalue weighted by Crippen LogP contribution is -2.38. The number of ether oxygens (including phenoxy) is 1. The standard InChI is InChI=1S/C17H28N6O2/c1-12(2)16-21-17(25-22-16)15(14-5-8-24-9-6-14)20-13(3)4-7-23-11-18-10-19-23/h10-15,20H,4-9H2,1-3H3. The van der Waals surface area contributed by atoms with Gasteiger partial charge in [-0.1, -0.05) is 19.0 Å². The smallest absolute Gasteiger partial charge is 0.244 e. The molecule has 0 saturated carbocycles. The highest BCUT2D eigenvalue weighted by molar-refractivity contribution is 4.99. The summed E-state index contributed by atoms with van der Waals surface area (Å²) in [5.74, 6) is 2.17. The van der Waals surface area contributed by atoms with Crippen molar-refractivity contribution in [2.24, 2.45) is 5.92 Å². The Morgan fingerprint density at radius 2 is 2.08 bits per heavy atom. The number of hydrogen-bond donors (Lipinski definition) is 1. The molecule has 0 bridgehead atoms. The lowest BCUT2D eigenvalue weighted by Gasteiger charge is -2.30. The quantitative estimate of drug-likeness (QED) is 0.783. The van der Waals surface area contributed by atoms with Gasteiger partial charge < -0.3 is 14.6 Å². The van der Waals surface area contributed by atoms with Crippen molar-refractivity contribution in [3.63, 3.8) is 0 Å². The fourth-order valence-corrected chi connectivity index (χ4v) is 3.13. The molecule has 2 atom stereocenters. The highest BCUT2D eigenvalue weighted by atomic mass is 16.5. The van der Waals surface area contributed by atoms with Gasteiger partial charge in [0.25, 0.3) is 0 Å². The van der Waals surface area contributed by atoms with Gasteiger partial charge in [-0.15, -0.1) is 0 Å². The van der Waals surface area contributed by atoms with E-state index in [1.54, 1.807) is 12.7 Å². The predicted octanol–water partition coefficient (Wildman–Crippen LogP) is 2.32. The minimum atomic E-state index is 0.0645. The topological polar surface area (TPSA) is 90.9 Å². The number of hydrogen-bond acceptors (Lipinski definition) is 7. The van der Waals surface area contributed by atoms with Crippen LogP contribution in [-0.2, 0) is 11.3 Å². The number of rotatable bonds is 8. The molecule has 0 amide bonds. The normalized spacial score (nSPS) is 18.6. The maximum atomic E-state index is 5.60. The van der Waals surface area contributed by atoms with Gasteiger partial charge >= 0.3 is 0 Å². The Morgan fingerprint density at radius 1 is 1.28 bits per heavy atom. The third kappa shape index (κ3) is 4.85. The van der Waals surface area contributed by atoms with Gasteiger partial charge in [-0.3, -0.25) is 4.68 Å². The van der Waals surface area contributed by atoms with Crippen molar-refractivity contribution in [1.29, 1.82) is 0 Å². The summed E-state index contributed by atoms with van der Waals surface area (Å²) in [6.45, 7) is 8.75. The van der Waals surface area contributed by atoms with Crippen molar-refractivity contribution >= 4 is 0 Å². The van der Waals surface area contributed by atoms with Crippen molar-refractivity contribution in [3.05, 3.63) is 24.4 Å². The Bertz CT molecular complexity index is 621. The molecule has 8 nitrogen and oxygen atoms in total. The molecule has 1 fully saturated rings. The van der Waals surface area contributed by atoms with Crippen molar-refractivity contribution < 1.29 is 9.26 Å². The van der Waals surface area contributed by atoms with Gasteiger partial charge in [0.05, 0.1) is 6.04 Å². The van der Waals surface area contributed by atoms with Crippen LogP contribution >= 0.6 is 0 Å². The second-order valence-electron chi connectivity index (χ2n) is 7.09. The van der Waals surface area contributed by atoms with E-state index < -0.39 is 0 Å². The van der Waals surface area contributed by atoms with Crippen molar-refractivity contribution in [3.8, 4) is 0 Å². The molecular formula is C17H28N6O2. The van der Waals surface area contributed by atoms with Gasteiger partial charge in [0, 0.05) is 31.7 Å². The molecule has 0 aromatic carbocycles. The Hall–Kier alpha value is -1.80. The van der Waals surface area contributed by atoms with Crippen LogP contribution in [0, 0.1) is 5.92 Å². The summed E-state index contributed by atoms with van der Waals surface area (Å²) in [7, 11) is 0. The van der Waals surface area contributed by atoms with Crippen LogP contribution < -0.4 is 5.32 Å². The molecule has 2 aromatic heterocycles. The molecular weight excluding hydrogens is 320 g/mol. The Balaban J connectivity index is 1.66. The van der Waals surface area contributed by atoms with Crippen LogP contribution in [0.2, 0.25) is 0 Å². The number of nitrogens with zero attached hydrogens (tertiary/aromatic N) is 5. The molecule has 1 aliphatic rings. The van der Waals surface area contributed by atoms with Gasteiger partial charge in [-0.05, 0) is 32.1 Å². The Morgan fingerprint density at radius 3 is 2.72 bits per heavy atom. The van der Waals surface area contributed by atoms with Crippen LogP contribution in [0.15, 0.2) is 17.2 Å². The molecule has 3 heterocycles. The molecule has 2 unspecified atom stereocenters. The third-order valence-electron chi connectivity index (χ3n) is 4.70. The number of aryl methyl sites for hydroxylation is 1. The predicted molar refractivity (Wildman–Crippen MR) is 91.9 cm³/mol. The summed E-state index contributed by atoms with van der Waals surface area (Å²) in [5, 5.41) is 12.0. The van der Waals surface area contributed by atoms with Crippen molar-refractivity contribution in [2.75, 3.05) is 13.2 Å². The van der Waals surface area contributed by atoms with Crippen LogP contribution in [0.5, 0.6) is 0 Å². The van der Waals surface area contributed by atoms with Crippen molar-refractivity contribution in [1.82, 2.24) is 30.2 Å². The van der Waals surface area contributed by atoms with E-state index in [1.807, 2.05) is 4.68 Å². The van der Waals surface area contributed by atoms with Gasteiger partial charge in [0.2, 0.25) is 5.89 Å². The number of nitrogens with one attached hydrogen (secondary N) is 1. The van der Waals surface area contributed by atoms with Crippen LogP contribution in [0.4, 0.5) is 0 Å². The highest BCUT2D eigenvalue weighted by Crippen LogP contribution is 2.30. The molecule has 0 spiro atoms. The Labute approximate surface area is 148 Å². The summed E-state index contributed by atoms with van der Waals surface area (Å²) in [4.78, 5) is 8.63. The van der Waals surface area contributed by atoms with E-state index in [9.17, 15) is 0 Å². The minimum absolute atomic E-state index is 0.0645. The maximum Gasteiger partial charge on any atom is 0.244 e. The van der Waals surface area contributed by atoms with E-state index in [0.29, 0.717) is 17.9 Å². The molecule has 1 aliphatic heterocycles. The third-order valence-corrected chi connectivity index (χ3v) is 4.70. The van der Waals surface area contributed by atoms with Crippen LogP contribution in [0.25, 0.3) is 0 Å². The van der Waals surface area contributed by atoms with Gasteiger partial charge in [-0.2, -0.15) is 10.1 Å². The van der Waals surface area contributed by atoms with E-state index in [4.69, 9.17) is 9.26 Å². The van der Waals surface area contributed by atoms with Crippen LogP contribution in [0.1, 0.15) is 63.7 Å². The summed E-state index contributed by atoms with van der Waals surface area (Å²) >= 11 is 0. The van der Waals surface area contributed by atoms with E-state index >= 15 is 0 Å². The average molecular weight is 348 g/mol. The molecule has 1 N–H and O–H groups in total. The largest absolute Gasteiger partial charge is 0.381 e. The SMILES string of the molecule is CC(CCn1cncn1)NC(c1nc(C(C)C)no1)C1CCOCC1. The van der Waals surface area contributed by atoms with Crippen LogP contribution in [0.3, 0.4) is 0 Å². The van der Waals surface area contributed by atoms with Gasteiger partial charge in [0.15, 0.2) is 5.82 Å². The van der Waals surface area contributed by atoms with Crippen molar-refractivity contribution in [2.45, 2.75) is 64.6 Å². The first kappa shape index (κ1) is 18.0. The van der Waals surface area contributed by atoms with E-state index in [0.717, 1.165) is 44.8 Å². The first-order chi connectivity index (χ1) is 12.1.